The number of amides is 1. The van der Waals surface area contributed by atoms with Crippen LogP contribution < -0.4 is 15.8 Å². The summed E-state index contributed by atoms with van der Waals surface area (Å²) in [5.74, 6) is 0.299. The quantitative estimate of drug-likeness (QED) is 0.831. The maximum absolute atomic E-state index is 12.4. The standard InChI is InChI=1S/C15H18N2O2S/c1-3-19-13-6-4-5-12(16)14(13)15(18)17-10(2)11-7-8-20-9-11/h4-10H,3,16H2,1-2H3,(H,17,18). The Balaban J connectivity index is 2.20. The molecule has 3 N–H and O–H groups in total. The molecule has 5 heteroatoms. The van der Waals surface area contributed by atoms with Crippen LogP contribution in [0.3, 0.4) is 0 Å². The SMILES string of the molecule is CCOc1cccc(N)c1C(=O)NC(C)c1ccsc1. The van der Waals surface area contributed by atoms with Crippen LogP contribution in [0.5, 0.6) is 5.75 Å². The van der Waals surface area contributed by atoms with Crippen LogP contribution >= 0.6 is 11.3 Å². The van der Waals surface area contributed by atoms with Gasteiger partial charge in [0.1, 0.15) is 11.3 Å². The van der Waals surface area contributed by atoms with Gasteiger partial charge < -0.3 is 15.8 Å². The largest absolute Gasteiger partial charge is 0.493 e. The Morgan fingerprint density at radius 2 is 2.25 bits per heavy atom. The third-order valence-corrected chi connectivity index (χ3v) is 3.68. The average molecular weight is 290 g/mol. The van der Waals surface area contributed by atoms with Crippen molar-refractivity contribution < 1.29 is 9.53 Å². The summed E-state index contributed by atoms with van der Waals surface area (Å²) in [6, 6.07) is 7.16. The fraction of sp³-hybridized carbons (Fsp3) is 0.267. The Morgan fingerprint density at radius 1 is 1.45 bits per heavy atom. The van der Waals surface area contributed by atoms with Gasteiger partial charge in [-0.2, -0.15) is 11.3 Å². The van der Waals surface area contributed by atoms with Gasteiger partial charge in [-0.3, -0.25) is 4.79 Å². The molecule has 2 aromatic rings. The molecule has 106 valence electrons. The summed E-state index contributed by atoms with van der Waals surface area (Å²) in [6.07, 6.45) is 0. The Labute approximate surface area is 122 Å². The Hall–Kier alpha value is -2.01. The second-order valence-corrected chi connectivity index (χ2v) is 5.19. The zero-order valence-electron chi connectivity index (χ0n) is 11.6. The minimum Gasteiger partial charge on any atom is -0.493 e. The van der Waals surface area contributed by atoms with E-state index in [0.29, 0.717) is 23.6 Å². The first kappa shape index (κ1) is 14.4. The third kappa shape index (κ3) is 3.11. The Kier molecular flexibility index (Phi) is 4.63. The maximum Gasteiger partial charge on any atom is 0.257 e. The molecule has 1 heterocycles. The van der Waals surface area contributed by atoms with E-state index in [1.54, 1.807) is 29.5 Å². The van der Waals surface area contributed by atoms with Crippen molar-refractivity contribution in [3.05, 3.63) is 46.2 Å². The molecule has 1 atom stereocenters. The third-order valence-electron chi connectivity index (χ3n) is 2.98. The number of nitrogens with two attached hydrogens (primary N) is 1. The zero-order valence-corrected chi connectivity index (χ0v) is 12.4. The maximum atomic E-state index is 12.4. The van der Waals surface area contributed by atoms with Crippen LogP contribution in [0.4, 0.5) is 5.69 Å². The molecular formula is C15H18N2O2S. The van der Waals surface area contributed by atoms with Gasteiger partial charge in [-0.1, -0.05) is 6.07 Å². The van der Waals surface area contributed by atoms with Gasteiger partial charge in [0, 0.05) is 5.69 Å². The molecule has 0 aliphatic heterocycles. The summed E-state index contributed by atoms with van der Waals surface area (Å²) in [7, 11) is 0. The fourth-order valence-electron chi connectivity index (χ4n) is 1.94. The van der Waals surface area contributed by atoms with Crippen molar-refractivity contribution in [3.8, 4) is 5.75 Å². The van der Waals surface area contributed by atoms with E-state index in [9.17, 15) is 4.79 Å². The summed E-state index contributed by atoms with van der Waals surface area (Å²) >= 11 is 1.60. The van der Waals surface area contributed by atoms with Gasteiger partial charge in [0.2, 0.25) is 0 Å². The topological polar surface area (TPSA) is 64.3 Å². The van der Waals surface area contributed by atoms with E-state index in [1.165, 1.54) is 0 Å². The second-order valence-electron chi connectivity index (χ2n) is 4.41. The van der Waals surface area contributed by atoms with E-state index < -0.39 is 0 Å². The van der Waals surface area contributed by atoms with Crippen LogP contribution in [0.2, 0.25) is 0 Å². The lowest BCUT2D eigenvalue weighted by Gasteiger charge is -2.16. The molecule has 1 aromatic heterocycles. The first-order valence-corrected chi connectivity index (χ1v) is 7.42. The lowest BCUT2D eigenvalue weighted by Crippen LogP contribution is -2.27. The molecule has 0 fully saturated rings. The molecule has 1 amide bonds. The molecule has 0 spiro atoms. The number of ether oxygens (including phenoxy) is 1. The van der Waals surface area contributed by atoms with Gasteiger partial charge in [-0.15, -0.1) is 0 Å². The van der Waals surface area contributed by atoms with E-state index in [-0.39, 0.29) is 11.9 Å². The van der Waals surface area contributed by atoms with Crippen molar-refractivity contribution in [1.29, 1.82) is 0 Å². The van der Waals surface area contributed by atoms with Crippen LogP contribution in [-0.2, 0) is 0 Å². The zero-order chi connectivity index (χ0) is 14.5. The van der Waals surface area contributed by atoms with E-state index in [2.05, 4.69) is 5.32 Å². The van der Waals surface area contributed by atoms with Crippen LogP contribution in [0.15, 0.2) is 35.0 Å². The van der Waals surface area contributed by atoms with E-state index in [0.717, 1.165) is 5.56 Å². The number of nitrogens with one attached hydrogen (secondary N) is 1. The Morgan fingerprint density at radius 3 is 2.90 bits per heavy atom. The molecule has 2 rings (SSSR count). The number of nitrogen functional groups attached to an aromatic ring is 1. The molecule has 1 unspecified atom stereocenters. The monoisotopic (exact) mass is 290 g/mol. The number of carbonyl (C=O) groups is 1. The van der Waals surface area contributed by atoms with Crippen molar-refractivity contribution in [2.24, 2.45) is 0 Å². The predicted molar refractivity (Wildman–Crippen MR) is 82.2 cm³/mol. The number of hydrogen-bond acceptors (Lipinski definition) is 4. The van der Waals surface area contributed by atoms with E-state index in [1.807, 2.05) is 30.7 Å². The minimum atomic E-state index is -0.217. The first-order valence-electron chi connectivity index (χ1n) is 6.47. The average Bonchev–Trinajstić information content (AvgIpc) is 2.93. The summed E-state index contributed by atoms with van der Waals surface area (Å²) in [6.45, 7) is 4.31. The first-order chi connectivity index (χ1) is 9.63. The highest BCUT2D eigenvalue weighted by molar-refractivity contribution is 7.07. The van der Waals surface area contributed by atoms with Crippen LogP contribution in [0.1, 0.15) is 35.8 Å². The highest BCUT2D eigenvalue weighted by atomic mass is 32.1. The molecule has 1 aromatic carbocycles. The van der Waals surface area contributed by atoms with Gasteiger partial charge >= 0.3 is 0 Å². The smallest absolute Gasteiger partial charge is 0.257 e. The summed E-state index contributed by atoms with van der Waals surface area (Å²) < 4.78 is 5.47. The van der Waals surface area contributed by atoms with Crippen LogP contribution in [0.25, 0.3) is 0 Å². The molecular weight excluding hydrogens is 272 g/mol. The summed E-state index contributed by atoms with van der Waals surface area (Å²) in [4.78, 5) is 12.4. The number of rotatable bonds is 5. The molecule has 0 aliphatic carbocycles. The summed E-state index contributed by atoms with van der Waals surface area (Å²) in [5.41, 5.74) is 7.81. The van der Waals surface area contributed by atoms with Gasteiger partial charge in [0.05, 0.1) is 12.6 Å². The lowest BCUT2D eigenvalue weighted by atomic mass is 10.1. The summed E-state index contributed by atoms with van der Waals surface area (Å²) in [5, 5.41) is 6.95. The van der Waals surface area contributed by atoms with Crippen molar-refractivity contribution in [2.45, 2.75) is 19.9 Å². The predicted octanol–water partition coefficient (Wildman–Crippen LogP) is 3.22. The van der Waals surface area contributed by atoms with Gasteiger partial charge in [0.15, 0.2) is 0 Å². The van der Waals surface area contributed by atoms with Crippen molar-refractivity contribution in [1.82, 2.24) is 5.32 Å². The highest BCUT2D eigenvalue weighted by Crippen LogP contribution is 2.25. The van der Waals surface area contributed by atoms with Crippen molar-refractivity contribution in [2.75, 3.05) is 12.3 Å². The van der Waals surface area contributed by atoms with E-state index >= 15 is 0 Å². The molecule has 20 heavy (non-hydrogen) atoms. The van der Waals surface area contributed by atoms with Crippen LogP contribution in [-0.4, -0.2) is 12.5 Å². The number of hydrogen-bond donors (Lipinski definition) is 2. The molecule has 4 nitrogen and oxygen atoms in total. The number of thiophene rings is 1. The molecule has 0 radical (unpaired) electrons. The van der Waals surface area contributed by atoms with Gasteiger partial charge in [-0.05, 0) is 48.4 Å². The minimum absolute atomic E-state index is 0.0668. The van der Waals surface area contributed by atoms with Crippen molar-refractivity contribution in [3.63, 3.8) is 0 Å². The molecule has 0 saturated carbocycles. The number of benzene rings is 1. The number of anilines is 1. The molecule has 0 saturated heterocycles. The number of carbonyl (C=O) groups excluding carboxylic acids is 1. The van der Waals surface area contributed by atoms with Crippen molar-refractivity contribution >= 4 is 22.9 Å². The second kappa shape index (κ2) is 6.43. The van der Waals surface area contributed by atoms with Gasteiger partial charge in [-0.25, -0.2) is 0 Å². The van der Waals surface area contributed by atoms with E-state index in [4.69, 9.17) is 10.5 Å². The molecule has 0 aliphatic rings. The van der Waals surface area contributed by atoms with Crippen LogP contribution in [0, 0.1) is 0 Å². The molecule has 0 bridgehead atoms. The normalized spacial score (nSPS) is 11.9. The lowest BCUT2D eigenvalue weighted by molar-refractivity contribution is 0.0937. The highest BCUT2D eigenvalue weighted by Gasteiger charge is 2.18. The van der Waals surface area contributed by atoms with Gasteiger partial charge in [0.25, 0.3) is 5.91 Å². The Bertz CT molecular complexity index is 582. The fourth-order valence-corrected chi connectivity index (χ4v) is 2.69.